The first-order chi connectivity index (χ1) is 15.1. The summed E-state index contributed by atoms with van der Waals surface area (Å²) in [4.78, 5) is 30.5. The van der Waals surface area contributed by atoms with Crippen LogP contribution in [0, 0.1) is 37.5 Å². The Kier molecular flexibility index (Phi) is 4.91. The number of aromatic nitrogens is 1. The number of Topliss-reactive ketones (excluding diaryl/α,β-unsaturated/α-hetero) is 2. The Bertz CT molecular complexity index is 1030. The van der Waals surface area contributed by atoms with E-state index in [-0.39, 0.29) is 29.3 Å². The van der Waals surface area contributed by atoms with Gasteiger partial charge in [0.2, 0.25) is 5.88 Å². The minimum absolute atomic E-state index is 0.0418. The monoisotopic (exact) mass is 443 g/mol. The minimum atomic E-state index is -4.46. The summed E-state index contributed by atoms with van der Waals surface area (Å²) in [5, 5.41) is 0. The maximum absolute atomic E-state index is 13.4. The van der Waals surface area contributed by atoms with Crippen LogP contribution >= 0.6 is 0 Å². The highest BCUT2D eigenvalue weighted by Gasteiger charge is 2.59. The molecule has 32 heavy (non-hydrogen) atoms. The number of pyridine rings is 1. The van der Waals surface area contributed by atoms with Crippen molar-refractivity contribution < 1.29 is 27.5 Å². The second-order valence-electron chi connectivity index (χ2n) is 9.42. The van der Waals surface area contributed by atoms with Gasteiger partial charge in [0.05, 0.1) is 5.56 Å². The van der Waals surface area contributed by atoms with Crippen LogP contribution in [0.4, 0.5) is 13.2 Å². The van der Waals surface area contributed by atoms with Crippen molar-refractivity contribution >= 4 is 11.6 Å². The molecule has 2 aromatic rings. The Labute approximate surface area is 184 Å². The van der Waals surface area contributed by atoms with Gasteiger partial charge < -0.3 is 4.74 Å². The summed E-state index contributed by atoms with van der Waals surface area (Å²) in [6.45, 7) is 3.68. The highest BCUT2D eigenvalue weighted by molar-refractivity contribution is 6.16. The summed E-state index contributed by atoms with van der Waals surface area (Å²) in [6.07, 6.45) is 0.447. The molecule has 2 unspecified atom stereocenters. The number of aryl methyl sites for hydroxylation is 2. The molecule has 0 amide bonds. The Morgan fingerprint density at radius 1 is 0.906 bits per heavy atom. The molecular formula is C25H24F3NO3. The smallest absolute Gasteiger partial charge is 0.417 e. The number of benzene rings is 1. The SMILES string of the molecule is Cc1cc(Oc2ccc(C(F)(F)F)cn2)cc(C)c1C1C(=O)C2C3CCC(CC3)C2C1=O. The summed E-state index contributed by atoms with van der Waals surface area (Å²) < 4.78 is 43.9. The number of ketones is 2. The van der Waals surface area contributed by atoms with E-state index in [1.807, 2.05) is 13.8 Å². The molecule has 4 fully saturated rings. The number of carbonyl (C=O) groups excluding carboxylic acids is 2. The van der Waals surface area contributed by atoms with Crippen molar-refractivity contribution in [3.63, 3.8) is 0 Å². The fourth-order valence-corrected chi connectivity index (χ4v) is 6.26. The van der Waals surface area contributed by atoms with Gasteiger partial charge in [0.1, 0.15) is 11.7 Å². The molecule has 168 valence electrons. The lowest BCUT2D eigenvalue weighted by Crippen LogP contribution is -2.41. The molecule has 4 saturated carbocycles. The largest absolute Gasteiger partial charge is 0.439 e. The van der Waals surface area contributed by atoms with Gasteiger partial charge in [0.15, 0.2) is 11.6 Å². The quantitative estimate of drug-likeness (QED) is 0.563. The molecule has 1 aromatic heterocycles. The molecule has 6 rings (SSSR count). The summed E-state index contributed by atoms with van der Waals surface area (Å²) >= 11 is 0. The second kappa shape index (κ2) is 7.42. The fourth-order valence-electron chi connectivity index (χ4n) is 6.26. The van der Waals surface area contributed by atoms with E-state index in [0.717, 1.165) is 54.6 Å². The van der Waals surface area contributed by atoms with E-state index in [1.54, 1.807) is 12.1 Å². The molecule has 4 aliphatic carbocycles. The average Bonchev–Trinajstić information content (AvgIpc) is 3.01. The van der Waals surface area contributed by atoms with Gasteiger partial charge in [-0.1, -0.05) is 0 Å². The molecule has 1 aromatic carbocycles. The number of nitrogens with zero attached hydrogens (tertiary/aromatic N) is 1. The molecule has 0 aliphatic heterocycles. The van der Waals surface area contributed by atoms with E-state index in [9.17, 15) is 22.8 Å². The Hall–Kier alpha value is -2.70. The van der Waals surface area contributed by atoms with Crippen molar-refractivity contribution in [2.24, 2.45) is 23.7 Å². The van der Waals surface area contributed by atoms with Crippen LogP contribution in [-0.2, 0) is 15.8 Å². The molecule has 2 atom stereocenters. The highest BCUT2D eigenvalue weighted by atomic mass is 19.4. The maximum atomic E-state index is 13.4. The standard InChI is InChI=1S/C25H24F3NO3/c1-12-9-17(32-18-8-7-16(11-29-18)25(26,27)28)10-13(2)19(12)22-23(30)20-14-3-4-15(6-5-14)21(20)24(22)31/h7-11,14-15,20-22H,3-6H2,1-2H3. The molecule has 0 N–H and O–H groups in total. The van der Waals surface area contributed by atoms with Gasteiger partial charge in [-0.2, -0.15) is 13.2 Å². The van der Waals surface area contributed by atoms with E-state index < -0.39 is 17.7 Å². The predicted octanol–water partition coefficient (Wildman–Crippen LogP) is 5.80. The third kappa shape index (κ3) is 3.33. The lowest BCUT2D eigenvalue weighted by Gasteiger charge is -2.43. The van der Waals surface area contributed by atoms with E-state index in [2.05, 4.69) is 4.98 Å². The number of carbonyl (C=O) groups is 2. The van der Waals surface area contributed by atoms with Crippen LogP contribution in [-0.4, -0.2) is 16.6 Å². The van der Waals surface area contributed by atoms with Crippen LogP contribution in [0.1, 0.15) is 53.9 Å². The molecule has 4 aliphatic rings. The molecule has 7 heteroatoms. The number of hydrogen-bond donors (Lipinski definition) is 0. The van der Waals surface area contributed by atoms with Crippen LogP contribution in [0.25, 0.3) is 0 Å². The predicted molar refractivity (Wildman–Crippen MR) is 110 cm³/mol. The van der Waals surface area contributed by atoms with Crippen LogP contribution in [0.2, 0.25) is 0 Å². The van der Waals surface area contributed by atoms with Gasteiger partial charge >= 0.3 is 6.18 Å². The lowest BCUT2D eigenvalue weighted by atomic mass is 9.59. The fraction of sp³-hybridized carbons (Fsp3) is 0.480. The maximum Gasteiger partial charge on any atom is 0.417 e. The van der Waals surface area contributed by atoms with Crippen molar-refractivity contribution in [2.75, 3.05) is 0 Å². The van der Waals surface area contributed by atoms with Gasteiger partial charge in [0.25, 0.3) is 0 Å². The van der Waals surface area contributed by atoms with Crippen LogP contribution < -0.4 is 4.74 Å². The zero-order chi connectivity index (χ0) is 22.8. The van der Waals surface area contributed by atoms with Crippen molar-refractivity contribution in [3.8, 4) is 11.6 Å². The molecule has 0 radical (unpaired) electrons. The van der Waals surface area contributed by atoms with E-state index in [4.69, 9.17) is 4.74 Å². The number of alkyl halides is 3. The number of hydrogen-bond acceptors (Lipinski definition) is 4. The number of ether oxygens (including phenoxy) is 1. The summed E-state index contributed by atoms with van der Waals surface area (Å²) in [5.74, 6) is 0.270. The van der Waals surface area contributed by atoms with Crippen molar-refractivity contribution in [1.82, 2.24) is 4.98 Å². The number of fused-ring (bicyclic) bond motifs is 2. The Balaban J connectivity index is 1.42. The molecule has 1 heterocycles. The highest BCUT2D eigenvalue weighted by Crippen LogP contribution is 2.56. The normalized spacial score (nSPS) is 29.3. The first-order valence-electron chi connectivity index (χ1n) is 11.0. The second-order valence-corrected chi connectivity index (χ2v) is 9.42. The zero-order valence-corrected chi connectivity index (χ0v) is 17.9. The third-order valence-electron chi connectivity index (χ3n) is 7.59. The Morgan fingerprint density at radius 3 is 1.88 bits per heavy atom. The summed E-state index contributed by atoms with van der Waals surface area (Å²) in [5.41, 5.74) is 1.44. The first kappa shape index (κ1) is 21.2. The van der Waals surface area contributed by atoms with Crippen LogP contribution in [0.15, 0.2) is 30.5 Å². The molecular weight excluding hydrogens is 419 g/mol. The summed E-state index contributed by atoms with van der Waals surface area (Å²) in [7, 11) is 0. The molecule has 2 bridgehead atoms. The lowest BCUT2D eigenvalue weighted by molar-refractivity contribution is -0.137. The average molecular weight is 443 g/mol. The van der Waals surface area contributed by atoms with Gasteiger partial charge in [-0.15, -0.1) is 0 Å². The van der Waals surface area contributed by atoms with Crippen molar-refractivity contribution in [2.45, 2.75) is 51.6 Å². The first-order valence-corrected chi connectivity index (χ1v) is 11.0. The minimum Gasteiger partial charge on any atom is -0.439 e. The van der Waals surface area contributed by atoms with E-state index in [0.29, 0.717) is 17.6 Å². The third-order valence-corrected chi connectivity index (χ3v) is 7.59. The van der Waals surface area contributed by atoms with Crippen molar-refractivity contribution in [3.05, 3.63) is 52.7 Å². The molecule has 0 spiro atoms. The Morgan fingerprint density at radius 2 is 1.44 bits per heavy atom. The van der Waals surface area contributed by atoms with E-state index >= 15 is 0 Å². The van der Waals surface area contributed by atoms with Gasteiger partial charge in [-0.3, -0.25) is 9.59 Å². The number of halogens is 3. The molecule has 0 saturated heterocycles. The van der Waals surface area contributed by atoms with Crippen LogP contribution in [0.5, 0.6) is 11.6 Å². The molecule has 4 nitrogen and oxygen atoms in total. The van der Waals surface area contributed by atoms with Crippen LogP contribution in [0.3, 0.4) is 0 Å². The number of rotatable bonds is 3. The van der Waals surface area contributed by atoms with Gasteiger partial charge in [-0.05, 0) is 86.3 Å². The van der Waals surface area contributed by atoms with E-state index in [1.165, 1.54) is 6.07 Å². The van der Waals surface area contributed by atoms with Gasteiger partial charge in [-0.25, -0.2) is 4.98 Å². The summed E-state index contributed by atoms with van der Waals surface area (Å²) in [6, 6.07) is 5.53. The zero-order valence-electron chi connectivity index (χ0n) is 17.9. The topological polar surface area (TPSA) is 56.3 Å². The van der Waals surface area contributed by atoms with Gasteiger partial charge in [0, 0.05) is 24.1 Å². The van der Waals surface area contributed by atoms with Crippen molar-refractivity contribution in [1.29, 1.82) is 0 Å².